The number of amides is 2. The molecule has 2 heterocycles. The van der Waals surface area contributed by atoms with Gasteiger partial charge < -0.3 is 19.8 Å². The second-order valence-electron chi connectivity index (χ2n) is 8.11. The minimum atomic E-state index is -0.655. The summed E-state index contributed by atoms with van der Waals surface area (Å²) >= 11 is 0. The Morgan fingerprint density at radius 3 is 2.65 bits per heavy atom. The number of nitrogens with one attached hydrogen (secondary N) is 2. The predicted molar refractivity (Wildman–Crippen MR) is 122 cm³/mol. The van der Waals surface area contributed by atoms with Gasteiger partial charge in [0.1, 0.15) is 23.5 Å². The van der Waals surface area contributed by atoms with E-state index in [1.807, 2.05) is 6.07 Å². The van der Waals surface area contributed by atoms with Crippen molar-refractivity contribution in [2.45, 2.75) is 33.0 Å². The van der Waals surface area contributed by atoms with Gasteiger partial charge in [0.05, 0.1) is 31.6 Å². The quantitative estimate of drug-likeness (QED) is 0.515. The highest BCUT2D eigenvalue weighted by atomic mass is 19.1. The Bertz CT molecular complexity index is 1200. The average Bonchev–Trinajstić information content (AvgIpc) is 3.45. The molecule has 1 atom stereocenters. The fraction of sp³-hybridized carbons (Fsp3) is 0.280. The summed E-state index contributed by atoms with van der Waals surface area (Å²) in [5.41, 5.74) is 1.73. The SMILES string of the molecule is CC(=O)NC[C@H]1CN(c2ccc(-c3ccc(CNCc4ccco4)c(C)c3F)c(F)c2)C(=O)O1. The Morgan fingerprint density at radius 1 is 1.15 bits per heavy atom. The van der Waals surface area contributed by atoms with Crippen molar-refractivity contribution in [1.29, 1.82) is 0 Å². The molecule has 2 aromatic carbocycles. The lowest BCUT2D eigenvalue weighted by atomic mass is 9.98. The number of ether oxygens (including phenoxy) is 1. The molecule has 4 rings (SSSR count). The van der Waals surface area contributed by atoms with E-state index in [1.165, 1.54) is 24.0 Å². The summed E-state index contributed by atoms with van der Waals surface area (Å²) in [7, 11) is 0. The van der Waals surface area contributed by atoms with Crippen LogP contribution >= 0.6 is 0 Å². The molecule has 0 radical (unpaired) electrons. The number of nitrogens with zero attached hydrogens (tertiary/aromatic N) is 1. The van der Waals surface area contributed by atoms with Crippen molar-refractivity contribution in [1.82, 2.24) is 10.6 Å². The Labute approximate surface area is 195 Å². The van der Waals surface area contributed by atoms with E-state index in [1.54, 1.807) is 37.5 Å². The van der Waals surface area contributed by atoms with E-state index in [4.69, 9.17) is 9.15 Å². The molecule has 34 heavy (non-hydrogen) atoms. The molecule has 2 amide bonds. The van der Waals surface area contributed by atoms with E-state index in [0.29, 0.717) is 24.3 Å². The van der Waals surface area contributed by atoms with Crippen molar-refractivity contribution < 1.29 is 27.5 Å². The van der Waals surface area contributed by atoms with Crippen molar-refractivity contribution in [3.05, 3.63) is 77.2 Å². The Hall–Kier alpha value is -3.72. The number of halogens is 2. The van der Waals surface area contributed by atoms with E-state index in [9.17, 15) is 9.59 Å². The van der Waals surface area contributed by atoms with Crippen molar-refractivity contribution in [2.24, 2.45) is 0 Å². The molecule has 0 aliphatic carbocycles. The number of hydrogen-bond acceptors (Lipinski definition) is 5. The molecule has 0 saturated carbocycles. The zero-order chi connectivity index (χ0) is 24.2. The highest BCUT2D eigenvalue weighted by molar-refractivity contribution is 5.90. The van der Waals surface area contributed by atoms with Crippen LogP contribution in [0.2, 0.25) is 0 Å². The average molecular weight is 469 g/mol. The van der Waals surface area contributed by atoms with Gasteiger partial charge >= 0.3 is 6.09 Å². The molecule has 1 saturated heterocycles. The standard InChI is InChI=1S/C25H25F2N3O4/c1-15-17(11-28-12-19-4-3-9-33-19)5-7-22(24(15)27)21-8-6-18(10-23(21)26)30-14-20(34-25(30)32)13-29-16(2)31/h3-10,20,28H,11-14H2,1-2H3,(H,29,31)/t20-/m0/s1. The molecule has 2 N–H and O–H groups in total. The zero-order valence-corrected chi connectivity index (χ0v) is 18.9. The van der Waals surface area contributed by atoms with Crippen molar-refractivity contribution in [3.8, 4) is 11.1 Å². The molecule has 9 heteroatoms. The molecular formula is C25H25F2N3O4. The van der Waals surface area contributed by atoms with Crippen molar-refractivity contribution >= 4 is 17.7 Å². The van der Waals surface area contributed by atoms with Crippen molar-refractivity contribution in [3.63, 3.8) is 0 Å². The van der Waals surface area contributed by atoms with Gasteiger partial charge in [-0.15, -0.1) is 0 Å². The number of hydrogen-bond donors (Lipinski definition) is 2. The molecule has 0 unspecified atom stereocenters. The number of furan rings is 1. The summed E-state index contributed by atoms with van der Waals surface area (Å²) in [6.45, 7) is 4.31. The van der Waals surface area contributed by atoms with E-state index in [0.717, 1.165) is 11.3 Å². The summed E-state index contributed by atoms with van der Waals surface area (Å²) in [5.74, 6) is -0.612. The second-order valence-corrected chi connectivity index (χ2v) is 8.11. The smallest absolute Gasteiger partial charge is 0.414 e. The van der Waals surface area contributed by atoms with Crippen LogP contribution in [0.5, 0.6) is 0 Å². The number of carbonyl (C=O) groups excluding carboxylic acids is 2. The van der Waals surface area contributed by atoms with Gasteiger partial charge in [0.25, 0.3) is 0 Å². The summed E-state index contributed by atoms with van der Waals surface area (Å²) in [6, 6.07) is 11.2. The summed E-state index contributed by atoms with van der Waals surface area (Å²) in [5, 5.41) is 5.79. The van der Waals surface area contributed by atoms with Gasteiger partial charge in [0, 0.05) is 24.6 Å². The molecule has 178 valence electrons. The van der Waals surface area contributed by atoms with Gasteiger partial charge in [-0.1, -0.05) is 12.1 Å². The van der Waals surface area contributed by atoms with Gasteiger partial charge in [-0.2, -0.15) is 0 Å². The van der Waals surface area contributed by atoms with Crippen LogP contribution in [0.3, 0.4) is 0 Å². The Kier molecular flexibility index (Phi) is 6.93. The van der Waals surface area contributed by atoms with Crippen LogP contribution in [0.25, 0.3) is 11.1 Å². The number of anilines is 1. The molecule has 1 aromatic heterocycles. The fourth-order valence-corrected chi connectivity index (χ4v) is 3.84. The molecule has 0 spiro atoms. The van der Waals surface area contributed by atoms with Crippen LogP contribution < -0.4 is 15.5 Å². The highest BCUT2D eigenvalue weighted by Crippen LogP contribution is 2.32. The fourth-order valence-electron chi connectivity index (χ4n) is 3.84. The molecular weight excluding hydrogens is 444 g/mol. The minimum Gasteiger partial charge on any atom is -0.468 e. The van der Waals surface area contributed by atoms with Crippen LogP contribution in [-0.2, 0) is 22.6 Å². The molecule has 1 fully saturated rings. The summed E-state index contributed by atoms with van der Waals surface area (Å²) in [4.78, 5) is 24.5. The summed E-state index contributed by atoms with van der Waals surface area (Å²) in [6.07, 6.45) is 0.428. The maximum absolute atomic E-state index is 15.2. The molecule has 7 nitrogen and oxygen atoms in total. The number of benzene rings is 2. The normalized spacial score (nSPS) is 15.5. The predicted octanol–water partition coefficient (Wildman–Crippen LogP) is 4.28. The van der Waals surface area contributed by atoms with E-state index >= 15 is 8.78 Å². The minimum absolute atomic E-state index is 0.0989. The van der Waals surface area contributed by atoms with Crippen LogP contribution in [-0.4, -0.2) is 31.2 Å². The third kappa shape index (κ3) is 5.09. The first kappa shape index (κ1) is 23.4. The van der Waals surface area contributed by atoms with Crippen LogP contribution in [0, 0.1) is 18.6 Å². The molecule has 1 aliphatic heterocycles. The molecule has 1 aliphatic rings. The van der Waals surface area contributed by atoms with Gasteiger partial charge in [0.15, 0.2) is 0 Å². The first-order valence-corrected chi connectivity index (χ1v) is 10.9. The third-order valence-electron chi connectivity index (χ3n) is 5.70. The highest BCUT2D eigenvalue weighted by Gasteiger charge is 2.32. The van der Waals surface area contributed by atoms with Crippen LogP contribution in [0.1, 0.15) is 23.8 Å². The number of rotatable bonds is 8. The maximum atomic E-state index is 15.2. The second kappa shape index (κ2) is 10.0. The van der Waals surface area contributed by atoms with E-state index in [-0.39, 0.29) is 30.1 Å². The third-order valence-corrected chi connectivity index (χ3v) is 5.70. The van der Waals surface area contributed by atoms with E-state index in [2.05, 4.69) is 10.6 Å². The molecule has 3 aromatic rings. The zero-order valence-electron chi connectivity index (χ0n) is 18.9. The monoisotopic (exact) mass is 469 g/mol. The van der Waals surface area contributed by atoms with Gasteiger partial charge in [0.2, 0.25) is 5.91 Å². The van der Waals surface area contributed by atoms with Crippen molar-refractivity contribution in [2.75, 3.05) is 18.0 Å². The van der Waals surface area contributed by atoms with Crippen LogP contribution in [0.15, 0.2) is 53.1 Å². The largest absolute Gasteiger partial charge is 0.468 e. The van der Waals surface area contributed by atoms with Gasteiger partial charge in [-0.25, -0.2) is 13.6 Å². The molecule has 0 bridgehead atoms. The van der Waals surface area contributed by atoms with Gasteiger partial charge in [-0.3, -0.25) is 9.69 Å². The summed E-state index contributed by atoms with van der Waals surface area (Å²) < 4.78 is 40.7. The number of carbonyl (C=O) groups is 2. The first-order chi connectivity index (χ1) is 16.3. The van der Waals surface area contributed by atoms with E-state index < -0.39 is 23.8 Å². The maximum Gasteiger partial charge on any atom is 0.414 e. The Balaban J connectivity index is 1.47. The lowest BCUT2D eigenvalue weighted by Gasteiger charge is -2.16. The number of cyclic esters (lactones) is 1. The van der Waals surface area contributed by atoms with Gasteiger partial charge in [-0.05, 0) is 48.4 Å². The lowest BCUT2D eigenvalue weighted by Crippen LogP contribution is -2.33. The lowest BCUT2D eigenvalue weighted by molar-refractivity contribution is -0.119. The van der Waals surface area contributed by atoms with Crippen LogP contribution in [0.4, 0.5) is 19.3 Å². The first-order valence-electron chi connectivity index (χ1n) is 10.9. The Morgan fingerprint density at radius 2 is 1.94 bits per heavy atom. The topological polar surface area (TPSA) is 83.8 Å².